The summed E-state index contributed by atoms with van der Waals surface area (Å²) in [7, 11) is 0. The lowest BCUT2D eigenvalue weighted by Gasteiger charge is -2.04. The van der Waals surface area contributed by atoms with Gasteiger partial charge >= 0.3 is 12.3 Å². The van der Waals surface area contributed by atoms with E-state index in [4.69, 9.17) is 5.11 Å². The molecule has 1 aliphatic heterocycles. The zero-order valence-corrected chi connectivity index (χ0v) is 8.31. The van der Waals surface area contributed by atoms with E-state index in [2.05, 4.69) is 14.8 Å². The lowest BCUT2D eigenvalue weighted by molar-refractivity contribution is -0.286. The highest BCUT2D eigenvalue weighted by Crippen LogP contribution is 2.42. The average molecular weight is 243 g/mol. The third kappa shape index (κ3) is 2.63. The van der Waals surface area contributed by atoms with Gasteiger partial charge in [0.25, 0.3) is 0 Å². The van der Waals surface area contributed by atoms with E-state index in [1.54, 1.807) is 0 Å². The summed E-state index contributed by atoms with van der Waals surface area (Å²) in [6.45, 7) is 0. The molecule has 0 saturated carbocycles. The van der Waals surface area contributed by atoms with Gasteiger partial charge in [-0.05, 0) is 12.1 Å². The smallest absolute Gasteiger partial charge is 0.478 e. The first-order valence-corrected chi connectivity index (χ1v) is 4.52. The van der Waals surface area contributed by atoms with E-state index in [-0.39, 0.29) is 11.5 Å². The number of nitrogens with one attached hydrogen (secondary N) is 1. The van der Waals surface area contributed by atoms with Gasteiger partial charge in [-0.1, -0.05) is 0 Å². The van der Waals surface area contributed by atoms with Crippen molar-refractivity contribution < 1.29 is 28.2 Å². The van der Waals surface area contributed by atoms with Gasteiger partial charge in [-0.25, -0.2) is 4.79 Å². The summed E-state index contributed by atoms with van der Waals surface area (Å²) in [4.78, 5) is 10.2. The van der Waals surface area contributed by atoms with Crippen molar-refractivity contribution in [2.45, 2.75) is 6.29 Å². The van der Waals surface area contributed by atoms with E-state index in [0.29, 0.717) is 5.69 Å². The van der Waals surface area contributed by atoms with E-state index in [1.165, 1.54) is 18.2 Å². The van der Waals surface area contributed by atoms with Crippen LogP contribution in [0.25, 0.3) is 0 Å². The molecule has 0 atom stereocenters. The van der Waals surface area contributed by atoms with Gasteiger partial charge in [-0.3, -0.25) is 0 Å². The van der Waals surface area contributed by atoms with Crippen LogP contribution in [0.3, 0.4) is 0 Å². The second-order valence-corrected chi connectivity index (χ2v) is 3.14. The van der Waals surface area contributed by atoms with Crippen LogP contribution >= 0.6 is 0 Å². The molecule has 0 aliphatic carbocycles. The van der Waals surface area contributed by atoms with Gasteiger partial charge in [-0.15, -0.1) is 8.78 Å². The number of carbonyl (C=O) groups is 1. The quantitative estimate of drug-likeness (QED) is 0.795. The van der Waals surface area contributed by atoms with Crippen LogP contribution in [0.15, 0.2) is 30.5 Å². The van der Waals surface area contributed by atoms with E-state index >= 15 is 0 Å². The highest BCUT2D eigenvalue weighted by Gasteiger charge is 2.43. The Morgan fingerprint density at radius 1 is 1.35 bits per heavy atom. The number of hydrogen-bond acceptors (Lipinski definition) is 4. The molecule has 7 heteroatoms. The predicted molar refractivity (Wildman–Crippen MR) is 53.0 cm³/mol. The van der Waals surface area contributed by atoms with Crippen LogP contribution in [-0.2, 0) is 4.79 Å². The molecule has 0 amide bonds. The fraction of sp³-hybridized carbons (Fsp3) is 0.100. The largest absolute Gasteiger partial charge is 0.586 e. The monoisotopic (exact) mass is 243 g/mol. The maximum Gasteiger partial charge on any atom is 0.586 e. The van der Waals surface area contributed by atoms with Crippen molar-refractivity contribution in [2.75, 3.05) is 5.32 Å². The molecular weight excluding hydrogens is 236 g/mol. The average Bonchev–Trinajstić information content (AvgIpc) is 2.50. The molecule has 0 fully saturated rings. The fourth-order valence-corrected chi connectivity index (χ4v) is 1.25. The summed E-state index contributed by atoms with van der Waals surface area (Å²) in [6.07, 6.45) is -1.62. The predicted octanol–water partition coefficient (Wildman–Crippen LogP) is 2.02. The minimum Gasteiger partial charge on any atom is -0.478 e. The zero-order chi connectivity index (χ0) is 12.5. The molecule has 0 unspecified atom stereocenters. The molecule has 17 heavy (non-hydrogen) atoms. The third-order valence-electron chi connectivity index (χ3n) is 1.88. The normalized spacial score (nSPS) is 16.1. The number of aliphatic carboxylic acids is 1. The Bertz CT molecular complexity index is 487. The molecule has 0 spiro atoms. The molecule has 2 N–H and O–H groups in total. The van der Waals surface area contributed by atoms with E-state index in [0.717, 1.165) is 12.3 Å². The van der Waals surface area contributed by atoms with Gasteiger partial charge < -0.3 is 19.9 Å². The van der Waals surface area contributed by atoms with Gasteiger partial charge in [0, 0.05) is 24.0 Å². The van der Waals surface area contributed by atoms with Crippen molar-refractivity contribution in [1.82, 2.24) is 0 Å². The fourth-order valence-electron chi connectivity index (χ4n) is 1.25. The Labute approximate surface area is 94.3 Å². The standard InChI is InChI=1S/C10H7F2NO4/c11-10(12)16-7-2-1-6(5-8(7)17-10)13-4-3-9(14)15/h1-5,13H,(H,14,15)/b4-3+. The lowest BCUT2D eigenvalue weighted by Crippen LogP contribution is -2.25. The van der Waals surface area contributed by atoms with Crippen molar-refractivity contribution in [3.63, 3.8) is 0 Å². The van der Waals surface area contributed by atoms with Crippen molar-refractivity contribution in [3.05, 3.63) is 30.5 Å². The van der Waals surface area contributed by atoms with Crippen LogP contribution in [-0.4, -0.2) is 17.4 Å². The Morgan fingerprint density at radius 3 is 2.76 bits per heavy atom. The molecule has 0 radical (unpaired) electrons. The summed E-state index contributed by atoms with van der Waals surface area (Å²) in [5, 5.41) is 10.9. The summed E-state index contributed by atoms with van der Waals surface area (Å²) < 4.78 is 33.8. The summed E-state index contributed by atoms with van der Waals surface area (Å²) in [5.74, 6) is -1.30. The number of hydrogen-bond donors (Lipinski definition) is 2. The molecule has 1 heterocycles. The minimum atomic E-state index is -3.65. The highest BCUT2D eigenvalue weighted by molar-refractivity contribution is 5.80. The summed E-state index contributed by atoms with van der Waals surface area (Å²) in [5.41, 5.74) is 0.405. The van der Waals surface area contributed by atoms with Gasteiger partial charge in [0.2, 0.25) is 0 Å². The molecule has 90 valence electrons. The number of fused-ring (bicyclic) bond motifs is 1. The SMILES string of the molecule is O=C(O)/C=C/Nc1ccc2c(c1)OC(F)(F)O2. The van der Waals surface area contributed by atoms with Crippen LogP contribution in [0.5, 0.6) is 11.5 Å². The second kappa shape index (κ2) is 3.93. The van der Waals surface area contributed by atoms with Crippen molar-refractivity contribution in [2.24, 2.45) is 0 Å². The number of benzene rings is 1. The molecule has 0 aromatic heterocycles. The van der Waals surface area contributed by atoms with Gasteiger partial charge in [-0.2, -0.15) is 0 Å². The molecule has 1 aromatic carbocycles. The summed E-state index contributed by atoms with van der Waals surface area (Å²) >= 11 is 0. The number of alkyl halides is 2. The first kappa shape index (κ1) is 11.2. The number of carboxylic acid groups (broad SMARTS) is 1. The second-order valence-electron chi connectivity index (χ2n) is 3.14. The molecule has 0 saturated heterocycles. The Balaban J connectivity index is 2.11. The van der Waals surface area contributed by atoms with Gasteiger partial charge in [0.05, 0.1) is 0 Å². The first-order valence-electron chi connectivity index (χ1n) is 4.52. The number of anilines is 1. The van der Waals surface area contributed by atoms with Crippen molar-refractivity contribution in [3.8, 4) is 11.5 Å². The van der Waals surface area contributed by atoms with Gasteiger partial charge in [0.1, 0.15) is 0 Å². The van der Waals surface area contributed by atoms with Gasteiger partial charge in [0.15, 0.2) is 11.5 Å². The topological polar surface area (TPSA) is 67.8 Å². The molecule has 1 aromatic rings. The van der Waals surface area contributed by atoms with Crippen LogP contribution in [0, 0.1) is 0 Å². The molecule has 0 bridgehead atoms. The minimum absolute atomic E-state index is 0.0669. The summed E-state index contributed by atoms with van der Waals surface area (Å²) in [6, 6.07) is 4.03. The Hall–Kier alpha value is -2.31. The highest BCUT2D eigenvalue weighted by atomic mass is 19.3. The Kier molecular flexibility index (Phi) is 2.58. The maximum atomic E-state index is 12.7. The van der Waals surface area contributed by atoms with E-state index < -0.39 is 12.3 Å². The zero-order valence-electron chi connectivity index (χ0n) is 8.31. The maximum absolute atomic E-state index is 12.7. The molecule has 5 nitrogen and oxygen atoms in total. The molecule has 2 rings (SSSR count). The molecular formula is C10H7F2NO4. The van der Waals surface area contributed by atoms with Crippen LogP contribution in [0.2, 0.25) is 0 Å². The first-order chi connectivity index (χ1) is 7.96. The van der Waals surface area contributed by atoms with Crippen molar-refractivity contribution in [1.29, 1.82) is 0 Å². The molecule has 1 aliphatic rings. The number of halogens is 2. The van der Waals surface area contributed by atoms with Crippen molar-refractivity contribution >= 4 is 11.7 Å². The Morgan fingerprint density at radius 2 is 2.06 bits per heavy atom. The van der Waals surface area contributed by atoms with Crippen LogP contribution in [0.4, 0.5) is 14.5 Å². The van der Waals surface area contributed by atoms with E-state index in [1.807, 2.05) is 0 Å². The number of rotatable bonds is 3. The van der Waals surface area contributed by atoms with Crippen LogP contribution in [0.1, 0.15) is 0 Å². The van der Waals surface area contributed by atoms with E-state index in [9.17, 15) is 13.6 Å². The number of ether oxygens (including phenoxy) is 2. The third-order valence-corrected chi connectivity index (χ3v) is 1.88. The number of carboxylic acids is 1. The lowest BCUT2D eigenvalue weighted by atomic mass is 10.3. The van der Waals surface area contributed by atoms with Crippen LogP contribution < -0.4 is 14.8 Å².